The van der Waals surface area contributed by atoms with Crippen LogP contribution in [-0.2, 0) is 4.79 Å². The summed E-state index contributed by atoms with van der Waals surface area (Å²) in [5, 5.41) is 14.0. The minimum atomic E-state index is -0.525. The number of nitro groups is 1. The van der Waals surface area contributed by atoms with E-state index in [2.05, 4.69) is 10.2 Å². The third-order valence-corrected chi connectivity index (χ3v) is 5.51. The molecule has 0 aliphatic carbocycles. The lowest BCUT2D eigenvalue weighted by Gasteiger charge is -2.36. The van der Waals surface area contributed by atoms with Crippen LogP contribution >= 0.6 is 0 Å². The minimum Gasteiger partial charge on any atom is -0.497 e. The molecule has 1 amide bonds. The van der Waals surface area contributed by atoms with Crippen molar-refractivity contribution >= 4 is 23.0 Å². The van der Waals surface area contributed by atoms with Crippen LogP contribution in [0.4, 0.5) is 17.1 Å². The van der Waals surface area contributed by atoms with Gasteiger partial charge in [0.1, 0.15) is 17.2 Å². The van der Waals surface area contributed by atoms with Crippen molar-refractivity contribution in [3.8, 4) is 11.5 Å². The lowest BCUT2D eigenvalue weighted by Crippen LogP contribution is -3.19. The van der Waals surface area contributed by atoms with Crippen molar-refractivity contribution in [1.29, 1.82) is 0 Å². The number of hydrogen-bond donors (Lipinski definition) is 2. The number of carbonyl (C=O) groups excluding carboxylic acids is 1. The zero-order valence-corrected chi connectivity index (χ0v) is 17.4. The van der Waals surface area contributed by atoms with Crippen LogP contribution in [0.5, 0.6) is 11.5 Å². The summed E-state index contributed by atoms with van der Waals surface area (Å²) in [5.41, 5.74) is 1.11. The predicted octanol–water partition coefficient (Wildman–Crippen LogP) is 1.34. The number of piperazine rings is 1. The van der Waals surface area contributed by atoms with Gasteiger partial charge in [-0.3, -0.25) is 14.9 Å². The Morgan fingerprint density at radius 3 is 2.27 bits per heavy atom. The molecule has 1 atom stereocenters. The number of amides is 1. The van der Waals surface area contributed by atoms with Crippen LogP contribution in [-0.4, -0.2) is 57.3 Å². The Labute approximate surface area is 175 Å². The normalized spacial score (nSPS) is 15.4. The molecule has 9 heteroatoms. The van der Waals surface area contributed by atoms with Crippen molar-refractivity contribution < 1.29 is 24.1 Å². The Morgan fingerprint density at radius 1 is 1.10 bits per heavy atom. The first kappa shape index (κ1) is 21.4. The van der Waals surface area contributed by atoms with E-state index >= 15 is 0 Å². The maximum atomic E-state index is 12.7. The standard InChI is InChI=1S/C21H26N4O5/c1-15(21(26)22-19-9-8-18(30-3)14-20(19)25(27)28)23-10-12-24(13-11-23)16-4-6-17(29-2)7-5-16/h4-9,14-15H,10-13H2,1-3H3,(H,22,26)/p+1/t15-/m1/s1. The molecule has 0 aromatic heterocycles. The van der Waals surface area contributed by atoms with Gasteiger partial charge in [0.05, 0.1) is 51.4 Å². The lowest BCUT2D eigenvalue weighted by atomic mass is 10.2. The zero-order valence-electron chi connectivity index (χ0n) is 17.4. The maximum Gasteiger partial charge on any atom is 0.296 e. The highest BCUT2D eigenvalue weighted by Crippen LogP contribution is 2.29. The van der Waals surface area contributed by atoms with E-state index < -0.39 is 4.92 Å². The smallest absolute Gasteiger partial charge is 0.296 e. The van der Waals surface area contributed by atoms with E-state index in [-0.39, 0.29) is 23.3 Å². The number of rotatable bonds is 7. The second kappa shape index (κ2) is 9.45. The van der Waals surface area contributed by atoms with Crippen molar-refractivity contribution in [3.05, 3.63) is 52.6 Å². The molecule has 2 aromatic carbocycles. The molecule has 2 aromatic rings. The third-order valence-electron chi connectivity index (χ3n) is 5.51. The number of nitro benzene ring substituents is 1. The third kappa shape index (κ3) is 4.80. The number of nitrogens with zero attached hydrogens (tertiary/aromatic N) is 2. The summed E-state index contributed by atoms with van der Waals surface area (Å²) < 4.78 is 10.2. The van der Waals surface area contributed by atoms with Crippen LogP contribution in [0.2, 0.25) is 0 Å². The number of anilines is 2. The van der Waals surface area contributed by atoms with Crippen LogP contribution in [0, 0.1) is 10.1 Å². The maximum absolute atomic E-state index is 12.7. The van der Waals surface area contributed by atoms with E-state index in [1.807, 2.05) is 31.2 Å². The average Bonchev–Trinajstić information content (AvgIpc) is 2.78. The lowest BCUT2D eigenvalue weighted by molar-refractivity contribution is -0.914. The molecule has 0 unspecified atom stereocenters. The summed E-state index contributed by atoms with van der Waals surface area (Å²) in [6.45, 7) is 5.09. The predicted molar refractivity (Wildman–Crippen MR) is 114 cm³/mol. The Balaban J connectivity index is 1.60. The number of benzene rings is 2. The highest BCUT2D eigenvalue weighted by Gasteiger charge is 2.30. The fourth-order valence-electron chi connectivity index (χ4n) is 3.60. The SMILES string of the molecule is COc1ccc(N2CC[NH+]([C@H](C)C(=O)Nc3ccc(OC)cc3[N+](=O)[O-])CC2)cc1. The van der Waals surface area contributed by atoms with Gasteiger partial charge < -0.3 is 24.6 Å². The molecule has 3 rings (SSSR count). The fraction of sp³-hybridized carbons (Fsp3) is 0.381. The molecule has 0 spiro atoms. The minimum absolute atomic E-state index is 0.175. The van der Waals surface area contributed by atoms with Gasteiger partial charge in [-0.25, -0.2) is 0 Å². The summed E-state index contributed by atoms with van der Waals surface area (Å²) in [5.74, 6) is 0.949. The van der Waals surface area contributed by atoms with E-state index in [0.717, 1.165) is 42.5 Å². The van der Waals surface area contributed by atoms with Crippen molar-refractivity contribution in [1.82, 2.24) is 0 Å². The van der Waals surface area contributed by atoms with E-state index in [4.69, 9.17) is 9.47 Å². The molecular weight excluding hydrogens is 388 g/mol. The van der Waals surface area contributed by atoms with Gasteiger partial charge in [-0.2, -0.15) is 0 Å². The molecule has 160 valence electrons. The molecule has 9 nitrogen and oxygen atoms in total. The van der Waals surface area contributed by atoms with E-state index in [1.54, 1.807) is 13.2 Å². The summed E-state index contributed by atoms with van der Waals surface area (Å²) in [6.07, 6.45) is 0. The summed E-state index contributed by atoms with van der Waals surface area (Å²) in [4.78, 5) is 27.0. The van der Waals surface area contributed by atoms with Crippen LogP contribution < -0.4 is 24.6 Å². The van der Waals surface area contributed by atoms with Crippen molar-refractivity contribution in [2.24, 2.45) is 0 Å². The van der Waals surface area contributed by atoms with E-state index in [1.165, 1.54) is 19.2 Å². The van der Waals surface area contributed by atoms with Crippen LogP contribution in [0.15, 0.2) is 42.5 Å². The average molecular weight is 415 g/mol. The molecule has 0 bridgehead atoms. The van der Waals surface area contributed by atoms with Gasteiger partial charge >= 0.3 is 0 Å². The van der Waals surface area contributed by atoms with Gasteiger partial charge in [-0.15, -0.1) is 0 Å². The Hall–Kier alpha value is -3.33. The summed E-state index contributed by atoms with van der Waals surface area (Å²) >= 11 is 0. The molecule has 1 aliphatic rings. The van der Waals surface area contributed by atoms with Gasteiger partial charge in [0.25, 0.3) is 11.6 Å². The van der Waals surface area contributed by atoms with Crippen LogP contribution in [0.3, 0.4) is 0 Å². The number of carbonyl (C=O) groups is 1. The fourth-order valence-corrected chi connectivity index (χ4v) is 3.60. The Kier molecular flexibility index (Phi) is 6.73. The first-order chi connectivity index (χ1) is 14.4. The Morgan fingerprint density at radius 2 is 1.70 bits per heavy atom. The quantitative estimate of drug-likeness (QED) is 0.523. The molecular formula is C21H27N4O5+. The van der Waals surface area contributed by atoms with Gasteiger partial charge in [-0.05, 0) is 43.3 Å². The van der Waals surface area contributed by atoms with E-state index in [9.17, 15) is 14.9 Å². The number of quaternary nitrogens is 1. The first-order valence-corrected chi connectivity index (χ1v) is 9.79. The molecule has 1 saturated heterocycles. The second-order valence-corrected chi connectivity index (χ2v) is 7.19. The molecule has 30 heavy (non-hydrogen) atoms. The summed E-state index contributed by atoms with van der Waals surface area (Å²) in [7, 11) is 3.08. The van der Waals surface area contributed by atoms with Crippen molar-refractivity contribution in [2.75, 3.05) is 50.6 Å². The molecule has 1 aliphatic heterocycles. The van der Waals surface area contributed by atoms with Crippen molar-refractivity contribution in [3.63, 3.8) is 0 Å². The topological polar surface area (TPSA) is 98.4 Å². The molecule has 1 heterocycles. The van der Waals surface area contributed by atoms with Gasteiger partial charge in [0.15, 0.2) is 6.04 Å². The van der Waals surface area contributed by atoms with Gasteiger partial charge in [0.2, 0.25) is 0 Å². The highest BCUT2D eigenvalue weighted by atomic mass is 16.6. The zero-order chi connectivity index (χ0) is 21.7. The molecule has 0 saturated carbocycles. The van der Waals surface area contributed by atoms with Crippen LogP contribution in [0.25, 0.3) is 0 Å². The Bertz CT molecular complexity index is 895. The largest absolute Gasteiger partial charge is 0.497 e. The molecule has 0 radical (unpaired) electrons. The summed E-state index contributed by atoms with van der Waals surface area (Å²) in [6, 6.07) is 12.0. The highest BCUT2D eigenvalue weighted by molar-refractivity contribution is 5.95. The molecule has 2 N–H and O–H groups in total. The van der Waals surface area contributed by atoms with Crippen LogP contribution in [0.1, 0.15) is 6.92 Å². The number of ether oxygens (including phenoxy) is 2. The number of nitrogens with one attached hydrogen (secondary N) is 2. The van der Waals surface area contributed by atoms with Crippen molar-refractivity contribution in [2.45, 2.75) is 13.0 Å². The second-order valence-electron chi connectivity index (χ2n) is 7.19. The van der Waals surface area contributed by atoms with E-state index in [0.29, 0.717) is 5.75 Å². The first-order valence-electron chi connectivity index (χ1n) is 9.79. The molecule has 1 fully saturated rings. The van der Waals surface area contributed by atoms with Gasteiger partial charge in [-0.1, -0.05) is 0 Å². The number of hydrogen-bond acceptors (Lipinski definition) is 6. The number of methoxy groups -OCH3 is 2. The van der Waals surface area contributed by atoms with Gasteiger partial charge in [0, 0.05) is 5.69 Å². The monoisotopic (exact) mass is 415 g/mol.